The predicted octanol–water partition coefficient (Wildman–Crippen LogP) is 2.45. The van der Waals surface area contributed by atoms with E-state index >= 15 is 0 Å². The molecule has 1 aliphatic rings. The second-order valence-corrected chi connectivity index (χ2v) is 5.06. The number of nitrogens with one attached hydrogen (secondary N) is 1. The van der Waals surface area contributed by atoms with Crippen LogP contribution in [0.1, 0.15) is 48.7 Å². The predicted molar refractivity (Wildman–Crippen MR) is 69.5 cm³/mol. The molecule has 1 aliphatic carbocycles. The molecule has 1 saturated carbocycles. The topological polar surface area (TPSA) is 62.2 Å². The summed E-state index contributed by atoms with van der Waals surface area (Å²) in [6.07, 6.45) is 6.75. The van der Waals surface area contributed by atoms with Crippen LogP contribution < -0.4 is 5.32 Å². The maximum absolute atomic E-state index is 10.7. The standard InChI is InChI=1S/C14H20N2O2/c1-10(11-4-2-3-5-11)15-9-13-7-6-12(8-16-13)14(17)18/h6-8,10-11,15H,2-5,9H2,1H3,(H,17,18)/t10-/m0/s1. The van der Waals surface area contributed by atoms with Crippen LogP contribution in [0.3, 0.4) is 0 Å². The summed E-state index contributed by atoms with van der Waals surface area (Å²) >= 11 is 0. The molecular weight excluding hydrogens is 228 g/mol. The van der Waals surface area contributed by atoms with E-state index in [1.807, 2.05) is 0 Å². The minimum Gasteiger partial charge on any atom is -0.478 e. The van der Waals surface area contributed by atoms with Gasteiger partial charge in [0.1, 0.15) is 0 Å². The lowest BCUT2D eigenvalue weighted by atomic mass is 10.00. The van der Waals surface area contributed by atoms with Gasteiger partial charge in [0.15, 0.2) is 0 Å². The zero-order valence-electron chi connectivity index (χ0n) is 10.7. The van der Waals surface area contributed by atoms with Crippen LogP contribution in [0.2, 0.25) is 0 Å². The Hall–Kier alpha value is -1.42. The van der Waals surface area contributed by atoms with Crippen molar-refractivity contribution in [3.05, 3.63) is 29.6 Å². The normalized spacial score (nSPS) is 17.8. The summed E-state index contributed by atoms with van der Waals surface area (Å²) in [5, 5.41) is 12.3. The Balaban J connectivity index is 1.84. The van der Waals surface area contributed by atoms with Crippen LogP contribution in [0.5, 0.6) is 0 Å². The van der Waals surface area contributed by atoms with Gasteiger partial charge in [0.05, 0.1) is 11.3 Å². The third-order valence-electron chi connectivity index (χ3n) is 3.78. The maximum Gasteiger partial charge on any atom is 0.337 e. The highest BCUT2D eigenvalue weighted by Crippen LogP contribution is 2.27. The van der Waals surface area contributed by atoms with E-state index in [9.17, 15) is 4.79 Å². The first-order valence-corrected chi connectivity index (χ1v) is 6.58. The maximum atomic E-state index is 10.7. The summed E-state index contributed by atoms with van der Waals surface area (Å²) in [4.78, 5) is 14.9. The summed E-state index contributed by atoms with van der Waals surface area (Å²) in [6.45, 7) is 2.93. The van der Waals surface area contributed by atoms with E-state index < -0.39 is 5.97 Å². The highest BCUT2D eigenvalue weighted by Gasteiger charge is 2.20. The minimum atomic E-state index is -0.929. The molecule has 1 aromatic rings. The van der Waals surface area contributed by atoms with Crippen LogP contribution in [0.25, 0.3) is 0 Å². The van der Waals surface area contributed by atoms with Crippen LogP contribution in [-0.4, -0.2) is 22.1 Å². The molecular formula is C14H20N2O2. The Morgan fingerprint density at radius 3 is 2.78 bits per heavy atom. The van der Waals surface area contributed by atoms with Gasteiger partial charge >= 0.3 is 5.97 Å². The summed E-state index contributed by atoms with van der Waals surface area (Å²) in [5.41, 5.74) is 1.13. The van der Waals surface area contributed by atoms with E-state index in [0.29, 0.717) is 12.6 Å². The number of rotatable bonds is 5. The fraction of sp³-hybridized carbons (Fsp3) is 0.571. The first-order valence-electron chi connectivity index (χ1n) is 6.58. The third kappa shape index (κ3) is 3.29. The van der Waals surface area contributed by atoms with Crippen LogP contribution in [0.15, 0.2) is 18.3 Å². The molecule has 0 unspecified atom stereocenters. The lowest BCUT2D eigenvalue weighted by Gasteiger charge is -2.20. The monoisotopic (exact) mass is 248 g/mol. The zero-order valence-corrected chi connectivity index (χ0v) is 10.7. The third-order valence-corrected chi connectivity index (χ3v) is 3.78. The summed E-state index contributed by atoms with van der Waals surface area (Å²) < 4.78 is 0. The van der Waals surface area contributed by atoms with E-state index in [-0.39, 0.29) is 5.56 Å². The molecule has 98 valence electrons. The van der Waals surface area contributed by atoms with Crippen molar-refractivity contribution in [2.45, 2.75) is 45.2 Å². The van der Waals surface area contributed by atoms with Crippen molar-refractivity contribution in [1.82, 2.24) is 10.3 Å². The molecule has 0 bridgehead atoms. The van der Waals surface area contributed by atoms with Crippen molar-refractivity contribution in [1.29, 1.82) is 0 Å². The molecule has 4 heteroatoms. The molecule has 0 spiro atoms. The Labute approximate surface area is 107 Å². The van der Waals surface area contributed by atoms with Gasteiger partial charge in [-0.15, -0.1) is 0 Å². The quantitative estimate of drug-likeness (QED) is 0.840. The van der Waals surface area contributed by atoms with Gasteiger partial charge in [-0.05, 0) is 37.8 Å². The number of nitrogens with zero attached hydrogens (tertiary/aromatic N) is 1. The fourth-order valence-electron chi connectivity index (χ4n) is 2.55. The molecule has 0 aliphatic heterocycles. The number of pyridine rings is 1. The number of aromatic nitrogens is 1. The minimum absolute atomic E-state index is 0.239. The molecule has 0 aromatic carbocycles. The lowest BCUT2D eigenvalue weighted by Crippen LogP contribution is -2.32. The molecule has 4 nitrogen and oxygen atoms in total. The summed E-state index contributed by atoms with van der Waals surface area (Å²) in [5.74, 6) is -0.148. The van der Waals surface area contributed by atoms with Gasteiger partial charge in [-0.2, -0.15) is 0 Å². The van der Waals surface area contributed by atoms with Crippen molar-refractivity contribution in [2.24, 2.45) is 5.92 Å². The number of aromatic carboxylic acids is 1. The molecule has 1 heterocycles. The Morgan fingerprint density at radius 1 is 1.50 bits per heavy atom. The van der Waals surface area contributed by atoms with Crippen LogP contribution in [0.4, 0.5) is 0 Å². The van der Waals surface area contributed by atoms with Gasteiger partial charge in [0.25, 0.3) is 0 Å². The molecule has 1 atom stereocenters. The van der Waals surface area contributed by atoms with Crippen molar-refractivity contribution in [3.63, 3.8) is 0 Å². The van der Waals surface area contributed by atoms with Crippen LogP contribution in [-0.2, 0) is 6.54 Å². The largest absolute Gasteiger partial charge is 0.478 e. The highest BCUT2D eigenvalue weighted by molar-refractivity contribution is 5.87. The van der Waals surface area contributed by atoms with Gasteiger partial charge in [-0.3, -0.25) is 4.98 Å². The van der Waals surface area contributed by atoms with Gasteiger partial charge in [0.2, 0.25) is 0 Å². The Bertz CT molecular complexity index is 397. The second kappa shape index (κ2) is 5.96. The van der Waals surface area contributed by atoms with E-state index in [4.69, 9.17) is 5.11 Å². The summed E-state index contributed by atoms with van der Waals surface area (Å²) in [7, 11) is 0. The number of carboxylic acid groups (broad SMARTS) is 1. The number of carboxylic acids is 1. The highest BCUT2D eigenvalue weighted by atomic mass is 16.4. The Morgan fingerprint density at radius 2 is 2.22 bits per heavy atom. The van der Waals surface area contributed by atoms with Gasteiger partial charge < -0.3 is 10.4 Å². The van der Waals surface area contributed by atoms with E-state index in [1.54, 1.807) is 12.1 Å². The van der Waals surface area contributed by atoms with Crippen molar-refractivity contribution in [2.75, 3.05) is 0 Å². The van der Waals surface area contributed by atoms with Gasteiger partial charge in [-0.1, -0.05) is 12.8 Å². The second-order valence-electron chi connectivity index (χ2n) is 5.06. The molecule has 0 saturated heterocycles. The molecule has 2 rings (SSSR count). The molecule has 18 heavy (non-hydrogen) atoms. The van der Waals surface area contributed by atoms with Gasteiger partial charge in [0, 0.05) is 18.8 Å². The summed E-state index contributed by atoms with van der Waals surface area (Å²) in [6, 6.07) is 3.89. The number of hydrogen-bond acceptors (Lipinski definition) is 3. The average molecular weight is 248 g/mol. The van der Waals surface area contributed by atoms with Crippen LogP contribution in [0, 0.1) is 5.92 Å². The van der Waals surface area contributed by atoms with Crippen molar-refractivity contribution >= 4 is 5.97 Å². The SMILES string of the molecule is C[C@H](NCc1ccc(C(=O)O)cn1)C1CCCC1. The molecule has 0 radical (unpaired) electrons. The fourth-order valence-corrected chi connectivity index (χ4v) is 2.55. The number of hydrogen-bond donors (Lipinski definition) is 2. The molecule has 1 aromatic heterocycles. The van der Waals surface area contributed by atoms with Crippen molar-refractivity contribution in [3.8, 4) is 0 Å². The van der Waals surface area contributed by atoms with E-state index in [1.165, 1.54) is 31.9 Å². The molecule has 1 fully saturated rings. The average Bonchev–Trinajstić information content (AvgIpc) is 2.90. The van der Waals surface area contributed by atoms with Gasteiger partial charge in [-0.25, -0.2) is 4.79 Å². The Kier molecular flexibility index (Phi) is 4.31. The molecule has 0 amide bonds. The molecule has 2 N–H and O–H groups in total. The first-order chi connectivity index (χ1) is 8.66. The van der Waals surface area contributed by atoms with Crippen LogP contribution >= 0.6 is 0 Å². The first kappa shape index (κ1) is 13.0. The lowest BCUT2D eigenvalue weighted by molar-refractivity contribution is 0.0696. The number of carbonyl (C=O) groups is 1. The smallest absolute Gasteiger partial charge is 0.337 e. The van der Waals surface area contributed by atoms with E-state index in [2.05, 4.69) is 17.2 Å². The van der Waals surface area contributed by atoms with E-state index in [0.717, 1.165) is 11.6 Å². The van der Waals surface area contributed by atoms with Crippen molar-refractivity contribution < 1.29 is 9.90 Å². The zero-order chi connectivity index (χ0) is 13.0.